The van der Waals surface area contributed by atoms with Crippen molar-refractivity contribution in [1.82, 2.24) is 19.9 Å². The van der Waals surface area contributed by atoms with E-state index in [2.05, 4.69) is 59.3 Å². The molecule has 3 aromatic rings. The fourth-order valence-corrected chi connectivity index (χ4v) is 3.65. The molecule has 0 aliphatic heterocycles. The van der Waals surface area contributed by atoms with Crippen LogP contribution in [-0.4, -0.2) is 47.8 Å². The fraction of sp³-hybridized carbons (Fsp3) is 0.381. The number of hydrogen-bond donors (Lipinski definition) is 2. The number of amides is 2. The lowest BCUT2D eigenvalue weighted by Gasteiger charge is -2.26. The number of carbonyl (C=O) groups is 1. The number of urea groups is 1. The maximum Gasteiger partial charge on any atom is 0.329 e. The summed E-state index contributed by atoms with van der Waals surface area (Å²) in [6.45, 7) is 5.39. The first-order chi connectivity index (χ1) is 13.0. The molecule has 0 saturated carbocycles. The van der Waals surface area contributed by atoms with Crippen LogP contribution in [0.15, 0.2) is 42.5 Å². The predicted molar refractivity (Wildman–Crippen MR) is 111 cm³/mol. The summed E-state index contributed by atoms with van der Waals surface area (Å²) >= 11 is 0. The van der Waals surface area contributed by atoms with Gasteiger partial charge in [-0.3, -0.25) is 5.01 Å². The number of primary amides is 1. The van der Waals surface area contributed by atoms with E-state index < -0.39 is 6.03 Å². The van der Waals surface area contributed by atoms with Crippen molar-refractivity contribution < 1.29 is 4.79 Å². The molecule has 0 saturated heterocycles. The van der Waals surface area contributed by atoms with E-state index in [0.717, 1.165) is 26.1 Å². The van der Waals surface area contributed by atoms with Gasteiger partial charge < -0.3 is 15.6 Å². The molecule has 0 aliphatic rings. The summed E-state index contributed by atoms with van der Waals surface area (Å²) in [5.41, 5.74) is 9.21. The molecular formula is C21H29N5O. The van der Waals surface area contributed by atoms with Gasteiger partial charge in [0, 0.05) is 55.5 Å². The minimum absolute atomic E-state index is 0.419. The highest BCUT2D eigenvalue weighted by Gasteiger charge is 2.11. The molecule has 1 aromatic heterocycles. The van der Waals surface area contributed by atoms with Crippen molar-refractivity contribution in [3.05, 3.63) is 48.0 Å². The third-order valence-electron chi connectivity index (χ3n) is 4.94. The summed E-state index contributed by atoms with van der Waals surface area (Å²) in [4.78, 5) is 11.4. The molecule has 144 valence electrons. The van der Waals surface area contributed by atoms with Gasteiger partial charge >= 0.3 is 6.03 Å². The minimum atomic E-state index is -0.419. The van der Waals surface area contributed by atoms with E-state index in [9.17, 15) is 4.79 Å². The van der Waals surface area contributed by atoms with Crippen LogP contribution in [0.4, 0.5) is 4.79 Å². The first-order valence-electron chi connectivity index (χ1n) is 9.47. The molecule has 0 radical (unpaired) electrons. The monoisotopic (exact) mass is 367 g/mol. The number of nitrogens with zero attached hydrogens (tertiary/aromatic N) is 3. The van der Waals surface area contributed by atoms with E-state index >= 15 is 0 Å². The number of nitrogens with two attached hydrogens (primary N) is 1. The van der Waals surface area contributed by atoms with Crippen molar-refractivity contribution >= 4 is 27.8 Å². The van der Waals surface area contributed by atoms with Crippen LogP contribution in [0, 0.1) is 0 Å². The Hall–Kier alpha value is -2.57. The number of fused-ring (bicyclic) bond motifs is 3. The molecule has 0 aliphatic carbocycles. The van der Waals surface area contributed by atoms with Crippen LogP contribution in [0.3, 0.4) is 0 Å². The Balaban J connectivity index is 1.65. The molecule has 0 fully saturated rings. The Kier molecular flexibility index (Phi) is 5.98. The minimum Gasteiger partial charge on any atom is -0.350 e. The number of para-hydroxylation sites is 1. The topological polar surface area (TPSA) is 66.5 Å². The summed E-state index contributed by atoms with van der Waals surface area (Å²) in [5.74, 6) is 0. The normalized spacial score (nSPS) is 11.6. The zero-order chi connectivity index (χ0) is 19.4. The highest BCUT2D eigenvalue weighted by atomic mass is 16.2. The lowest BCUT2D eigenvalue weighted by molar-refractivity contribution is 0.0674. The van der Waals surface area contributed by atoms with Crippen LogP contribution in [0.5, 0.6) is 0 Å². The van der Waals surface area contributed by atoms with Gasteiger partial charge in [-0.2, -0.15) is 0 Å². The quantitative estimate of drug-likeness (QED) is 0.475. The Labute approximate surface area is 160 Å². The lowest BCUT2D eigenvalue weighted by Crippen LogP contribution is -2.46. The summed E-state index contributed by atoms with van der Waals surface area (Å²) < 4.78 is 2.36. The second-order valence-electron chi connectivity index (χ2n) is 6.95. The third-order valence-corrected chi connectivity index (χ3v) is 4.94. The van der Waals surface area contributed by atoms with Gasteiger partial charge in [-0.1, -0.05) is 24.3 Å². The Morgan fingerprint density at radius 3 is 2.56 bits per heavy atom. The van der Waals surface area contributed by atoms with Crippen molar-refractivity contribution in [1.29, 1.82) is 0 Å². The number of aryl methyl sites for hydroxylation is 1. The summed E-state index contributed by atoms with van der Waals surface area (Å²) in [6, 6.07) is 14.9. The molecule has 0 atom stereocenters. The zero-order valence-electron chi connectivity index (χ0n) is 16.4. The second-order valence-corrected chi connectivity index (χ2v) is 6.95. The Bertz CT molecular complexity index is 931. The van der Waals surface area contributed by atoms with E-state index in [1.165, 1.54) is 32.4 Å². The van der Waals surface area contributed by atoms with Crippen LogP contribution >= 0.6 is 0 Å². The van der Waals surface area contributed by atoms with Gasteiger partial charge in [0.05, 0.1) is 0 Å². The van der Waals surface area contributed by atoms with Gasteiger partial charge in [-0.15, -0.1) is 0 Å². The van der Waals surface area contributed by atoms with Crippen molar-refractivity contribution in [2.24, 2.45) is 5.73 Å². The predicted octanol–water partition coefficient (Wildman–Crippen LogP) is 3.15. The van der Waals surface area contributed by atoms with E-state index in [4.69, 9.17) is 5.73 Å². The van der Waals surface area contributed by atoms with Crippen molar-refractivity contribution in [3.63, 3.8) is 0 Å². The average Bonchev–Trinajstić information content (AvgIpc) is 2.97. The number of aromatic nitrogens is 1. The standard InChI is InChI=1S/C21H29N5O/c1-4-25-19-9-6-5-8-17(19)18-14-16(10-11-20(18)25)15-23-12-7-13-26(21(22)27)24(2)3/h5-6,8-11,14,23H,4,7,12-13,15H2,1-3H3,(H2,22,27). The van der Waals surface area contributed by atoms with Gasteiger partial charge in [-0.05, 0) is 43.7 Å². The third kappa shape index (κ3) is 4.07. The first-order valence-corrected chi connectivity index (χ1v) is 9.47. The van der Waals surface area contributed by atoms with Crippen molar-refractivity contribution in [3.8, 4) is 0 Å². The molecule has 3 rings (SSSR count). The number of nitrogens with one attached hydrogen (secondary N) is 1. The van der Waals surface area contributed by atoms with Crippen LogP contribution in [-0.2, 0) is 13.1 Å². The molecule has 2 aromatic carbocycles. The molecule has 27 heavy (non-hydrogen) atoms. The number of benzene rings is 2. The van der Waals surface area contributed by atoms with Crippen molar-refractivity contribution in [2.45, 2.75) is 26.4 Å². The van der Waals surface area contributed by atoms with Gasteiger partial charge in [0.25, 0.3) is 0 Å². The second kappa shape index (κ2) is 8.41. The molecule has 0 spiro atoms. The van der Waals surface area contributed by atoms with E-state index in [0.29, 0.717) is 6.54 Å². The smallest absolute Gasteiger partial charge is 0.329 e. The maximum absolute atomic E-state index is 11.4. The highest BCUT2D eigenvalue weighted by Crippen LogP contribution is 2.29. The van der Waals surface area contributed by atoms with Crippen LogP contribution < -0.4 is 11.1 Å². The summed E-state index contributed by atoms with van der Waals surface area (Å²) in [6.07, 6.45) is 0.846. The Morgan fingerprint density at radius 1 is 1.11 bits per heavy atom. The SMILES string of the molecule is CCn1c2ccccc2c2cc(CNCCCN(C(N)=O)N(C)C)ccc21. The molecule has 0 unspecified atom stereocenters. The summed E-state index contributed by atoms with van der Waals surface area (Å²) in [5, 5.41) is 9.33. The molecular weight excluding hydrogens is 338 g/mol. The van der Waals surface area contributed by atoms with E-state index in [1.807, 2.05) is 14.1 Å². The highest BCUT2D eigenvalue weighted by molar-refractivity contribution is 6.08. The number of carbonyl (C=O) groups excluding carboxylic acids is 1. The largest absolute Gasteiger partial charge is 0.350 e. The van der Waals surface area contributed by atoms with Crippen LogP contribution in [0.25, 0.3) is 21.8 Å². The first kappa shape index (κ1) is 19.2. The van der Waals surface area contributed by atoms with E-state index in [-0.39, 0.29) is 0 Å². The fourth-order valence-electron chi connectivity index (χ4n) is 3.65. The van der Waals surface area contributed by atoms with Crippen LogP contribution in [0.1, 0.15) is 18.9 Å². The molecule has 1 heterocycles. The maximum atomic E-state index is 11.4. The Morgan fingerprint density at radius 2 is 1.85 bits per heavy atom. The number of hydrazine groups is 1. The molecule has 6 heteroatoms. The molecule has 6 nitrogen and oxygen atoms in total. The molecule has 3 N–H and O–H groups in total. The number of hydrogen-bond acceptors (Lipinski definition) is 3. The van der Waals surface area contributed by atoms with Gasteiger partial charge in [0.15, 0.2) is 0 Å². The average molecular weight is 367 g/mol. The van der Waals surface area contributed by atoms with Gasteiger partial charge in [0.2, 0.25) is 0 Å². The molecule has 0 bridgehead atoms. The summed E-state index contributed by atoms with van der Waals surface area (Å²) in [7, 11) is 3.64. The lowest BCUT2D eigenvalue weighted by atomic mass is 10.1. The van der Waals surface area contributed by atoms with Crippen LogP contribution in [0.2, 0.25) is 0 Å². The van der Waals surface area contributed by atoms with Gasteiger partial charge in [0.1, 0.15) is 0 Å². The number of rotatable bonds is 8. The zero-order valence-corrected chi connectivity index (χ0v) is 16.4. The van der Waals surface area contributed by atoms with Crippen molar-refractivity contribution in [2.75, 3.05) is 27.2 Å². The van der Waals surface area contributed by atoms with E-state index in [1.54, 1.807) is 5.01 Å². The molecule has 2 amide bonds. The van der Waals surface area contributed by atoms with Gasteiger partial charge in [-0.25, -0.2) is 9.80 Å².